The van der Waals surface area contributed by atoms with E-state index in [2.05, 4.69) is 37.4 Å². The standard InChI is InChI=1S/C27H29N3O2/c1-20-14-15-23(21(2)16-20)18-29(3)19-30-25(31)27(28-26(30)32,24-12-8-5-9-13-24)17-22-10-6-4-7-11-22/h4-16H,17-19H2,1-3H3,(H,28,32)/p+1/t27-/m0/s1. The monoisotopic (exact) mass is 428 g/mol. The quantitative estimate of drug-likeness (QED) is 0.569. The molecule has 1 fully saturated rings. The molecule has 0 radical (unpaired) electrons. The molecule has 1 unspecified atom stereocenters. The van der Waals surface area contributed by atoms with Crippen LogP contribution in [0.25, 0.3) is 0 Å². The highest BCUT2D eigenvalue weighted by Gasteiger charge is 2.53. The summed E-state index contributed by atoms with van der Waals surface area (Å²) in [7, 11) is 2.01. The van der Waals surface area contributed by atoms with E-state index >= 15 is 0 Å². The molecule has 4 rings (SSSR count). The average molecular weight is 429 g/mol. The van der Waals surface area contributed by atoms with Crippen LogP contribution in [0.2, 0.25) is 0 Å². The van der Waals surface area contributed by atoms with Gasteiger partial charge in [0.25, 0.3) is 5.91 Å². The molecule has 0 spiro atoms. The van der Waals surface area contributed by atoms with Gasteiger partial charge in [-0.25, -0.2) is 9.69 Å². The van der Waals surface area contributed by atoms with E-state index in [9.17, 15) is 9.59 Å². The van der Waals surface area contributed by atoms with E-state index in [1.165, 1.54) is 21.6 Å². The summed E-state index contributed by atoms with van der Waals surface area (Å²) in [5.41, 5.74) is 4.38. The van der Waals surface area contributed by atoms with Crippen LogP contribution >= 0.6 is 0 Å². The first-order chi connectivity index (χ1) is 15.4. The van der Waals surface area contributed by atoms with Crippen LogP contribution in [0.3, 0.4) is 0 Å². The van der Waals surface area contributed by atoms with Gasteiger partial charge in [-0.2, -0.15) is 0 Å². The van der Waals surface area contributed by atoms with Crippen molar-refractivity contribution in [1.29, 1.82) is 0 Å². The van der Waals surface area contributed by atoms with Gasteiger partial charge in [-0.15, -0.1) is 0 Å². The largest absolute Gasteiger partial charge is 0.329 e. The number of urea groups is 1. The minimum atomic E-state index is -1.10. The van der Waals surface area contributed by atoms with E-state index in [-0.39, 0.29) is 11.9 Å². The SMILES string of the molecule is Cc1ccc(C[NH+](C)CN2C(=O)N[C@@](Cc3ccccc3)(c3ccccc3)C2=O)c(C)c1. The van der Waals surface area contributed by atoms with Crippen molar-refractivity contribution in [1.82, 2.24) is 10.2 Å². The minimum absolute atomic E-state index is 0.197. The molecule has 1 saturated heterocycles. The highest BCUT2D eigenvalue weighted by molar-refractivity contribution is 6.07. The summed E-state index contributed by atoms with van der Waals surface area (Å²) in [4.78, 5) is 29.3. The van der Waals surface area contributed by atoms with Crippen LogP contribution in [0, 0.1) is 13.8 Å². The van der Waals surface area contributed by atoms with E-state index in [1.807, 2.05) is 67.7 Å². The van der Waals surface area contributed by atoms with E-state index in [0.717, 1.165) is 22.6 Å². The number of hydrogen-bond donors (Lipinski definition) is 2. The number of quaternary nitrogens is 1. The number of rotatable bonds is 7. The summed E-state index contributed by atoms with van der Waals surface area (Å²) in [6, 6.07) is 25.4. The zero-order chi connectivity index (χ0) is 22.7. The van der Waals surface area contributed by atoms with Crippen LogP contribution in [0.4, 0.5) is 4.79 Å². The summed E-state index contributed by atoms with van der Waals surface area (Å²) >= 11 is 0. The number of nitrogens with one attached hydrogen (secondary N) is 2. The molecule has 0 aliphatic carbocycles. The number of benzene rings is 3. The number of aryl methyl sites for hydroxylation is 2. The lowest BCUT2D eigenvalue weighted by Gasteiger charge is -2.28. The van der Waals surface area contributed by atoms with Crippen molar-refractivity contribution in [2.45, 2.75) is 32.4 Å². The first kappa shape index (κ1) is 21.8. The van der Waals surface area contributed by atoms with E-state index < -0.39 is 5.54 Å². The maximum atomic E-state index is 13.8. The number of carbonyl (C=O) groups excluding carboxylic acids is 2. The fraction of sp³-hybridized carbons (Fsp3) is 0.259. The van der Waals surface area contributed by atoms with Crippen LogP contribution < -0.4 is 10.2 Å². The predicted molar refractivity (Wildman–Crippen MR) is 125 cm³/mol. The number of amides is 3. The molecule has 0 saturated carbocycles. The van der Waals surface area contributed by atoms with Gasteiger partial charge in [-0.3, -0.25) is 4.79 Å². The van der Waals surface area contributed by atoms with Gasteiger partial charge in [0.2, 0.25) is 0 Å². The van der Waals surface area contributed by atoms with Crippen molar-refractivity contribution in [3.63, 3.8) is 0 Å². The fourth-order valence-corrected chi connectivity index (χ4v) is 4.51. The molecule has 3 aromatic rings. The Hall–Kier alpha value is -3.44. The molecule has 2 atom stereocenters. The van der Waals surface area contributed by atoms with Gasteiger partial charge < -0.3 is 10.2 Å². The number of nitrogens with zero attached hydrogens (tertiary/aromatic N) is 1. The topological polar surface area (TPSA) is 53.9 Å². The van der Waals surface area contributed by atoms with Crippen LogP contribution in [0.5, 0.6) is 0 Å². The average Bonchev–Trinajstić information content (AvgIpc) is 3.02. The Morgan fingerprint density at radius 2 is 1.56 bits per heavy atom. The summed E-state index contributed by atoms with van der Waals surface area (Å²) in [5, 5.41) is 3.04. The zero-order valence-electron chi connectivity index (χ0n) is 18.9. The molecule has 0 bridgehead atoms. The molecule has 1 aliphatic rings. The smallest absolute Gasteiger partial charge is 0.319 e. The van der Waals surface area contributed by atoms with Crippen molar-refractivity contribution in [3.05, 3.63) is 107 Å². The van der Waals surface area contributed by atoms with E-state index in [0.29, 0.717) is 13.1 Å². The third kappa shape index (κ3) is 4.30. The molecule has 1 aliphatic heterocycles. The molecule has 1 heterocycles. The maximum absolute atomic E-state index is 13.8. The van der Waals surface area contributed by atoms with Crippen molar-refractivity contribution < 1.29 is 14.5 Å². The summed E-state index contributed by atoms with van der Waals surface area (Å²) in [6.45, 7) is 5.22. The van der Waals surface area contributed by atoms with Crippen molar-refractivity contribution in [3.8, 4) is 0 Å². The molecule has 5 nitrogen and oxygen atoms in total. The molecule has 164 valence electrons. The lowest BCUT2D eigenvalue weighted by atomic mass is 9.83. The summed E-state index contributed by atoms with van der Waals surface area (Å²) in [6.07, 6.45) is 0.412. The predicted octanol–water partition coefficient (Wildman–Crippen LogP) is 2.97. The molecular formula is C27H30N3O2+. The van der Waals surface area contributed by atoms with Crippen LogP contribution in [0.15, 0.2) is 78.9 Å². The number of carbonyl (C=O) groups is 2. The Kier molecular flexibility index (Phi) is 6.10. The summed E-state index contributed by atoms with van der Waals surface area (Å²) in [5.74, 6) is -0.197. The molecule has 5 heteroatoms. The molecular weight excluding hydrogens is 398 g/mol. The van der Waals surface area contributed by atoms with Crippen molar-refractivity contribution >= 4 is 11.9 Å². The second-order valence-electron chi connectivity index (χ2n) is 8.82. The van der Waals surface area contributed by atoms with Crippen LogP contribution in [0.1, 0.15) is 27.8 Å². The molecule has 32 heavy (non-hydrogen) atoms. The van der Waals surface area contributed by atoms with Gasteiger partial charge in [-0.1, -0.05) is 84.4 Å². The molecule has 3 amide bonds. The Bertz CT molecular complexity index is 1110. The van der Waals surface area contributed by atoms with Gasteiger partial charge in [0.15, 0.2) is 12.2 Å². The van der Waals surface area contributed by atoms with Crippen LogP contribution in [-0.2, 0) is 23.3 Å². The van der Waals surface area contributed by atoms with Gasteiger partial charge in [0.05, 0.1) is 7.05 Å². The number of imide groups is 1. The highest BCUT2D eigenvalue weighted by Crippen LogP contribution is 2.32. The first-order valence-electron chi connectivity index (χ1n) is 11.0. The Morgan fingerprint density at radius 1 is 0.906 bits per heavy atom. The van der Waals surface area contributed by atoms with Crippen molar-refractivity contribution in [2.24, 2.45) is 0 Å². The second kappa shape index (κ2) is 8.97. The normalized spacial score (nSPS) is 19.2. The highest BCUT2D eigenvalue weighted by atomic mass is 16.2. The third-order valence-corrected chi connectivity index (χ3v) is 6.17. The molecule has 0 aromatic heterocycles. The number of hydrogen-bond acceptors (Lipinski definition) is 2. The van der Waals surface area contributed by atoms with Crippen molar-refractivity contribution in [2.75, 3.05) is 13.7 Å². The van der Waals surface area contributed by atoms with Gasteiger partial charge in [-0.05, 0) is 30.5 Å². The Morgan fingerprint density at radius 3 is 2.22 bits per heavy atom. The minimum Gasteiger partial charge on any atom is -0.319 e. The third-order valence-electron chi connectivity index (χ3n) is 6.17. The zero-order valence-corrected chi connectivity index (χ0v) is 18.9. The lowest BCUT2D eigenvalue weighted by molar-refractivity contribution is -0.901. The van der Waals surface area contributed by atoms with Gasteiger partial charge >= 0.3 is 6.03 Å². The maximum Gasteiger partial charge on any atom is 0.329 e. The van der Waals surface area contributed by atoms with Gasteiger partial charge in [0, 0.05) is 12.0 Å². The second-order valence-corrected chi connectivity index (χ2v) is 8.82. The molecule has 3 aromatic carbocycles. The Labute approximate surface area is 189 Å². The van der Waals surface area contributed by atoms with E-state index in [1.54, 1.807) is 0 Å². The van der Waals surface area contributed by atoms with Crippen LogP contribution in [-0.4, -0.2) is 30.6 Å². The lowest BCUT2D eigenvalue weighted by Crippen LogP contribution is -3.09. The first-order valence-corrected chi connectivity index (χ1v) is 11.0. The van der Waals surface area contributed by atoms with Gasteiger partial charge in [0.1, 0.15) is 6.54 Å². The van der Waals surface area contributed by atoms with E-state index in [4.69, 9.17) is 0 Å². The molecule has 2 N–H and O–H groups in total. The summed E-state index contributed by atoms with van der Waals surface area (Å²) < 4.78 is 0. The fourth-order valence-electron chi connectivity index (χ4n) is 4.51. The Balaban J connectivity index is 1.59.